The predicted octanol–water partition coefficient (Wildman–Crippen LogP) is 0.318. The van der Waals surface area contributed by atoms with Crippen molar-refractivity contribution in [1.29, 1.82) is 0 Å². The Morgan fingerprint density at radius 1 is 1.50 bits per heavy atom. The minimum Gasteiger partial charge on any atom is -0.341 e. The van der Waals surface area contributed by atoms with Gasteiger partial charge in [0.25, 0.3) is 0 Å². The normalized spacial score (nSPS) is 33.8. The zero-order valence-corrected chi connectivity index (χ0v) is 8.04. The first-order valence-corrected chi connectivity index (χ1v) is 5.30. The maximum Gasteiger partial charge on any atom is 0.234 e. The van der Waals surface area contributed by atoms with Crippen LogP contribution in [0.5, 0.6) is 0 Å². The minimum atomic E-state index is 0.0712. The van der Waals surface area contributed by atoms with Crippen molar-refractivity contribution in [3.8, 4) is 0 Å². The summed E-state index contributed by atoms with van der Waals surface area (Å²) >= 11 is 1.80. The smallest absolute Gasteiger partial charge is 0.234 e. The summed E-state index contributed by atoms with van der Waals surface area (Å²) in [5.74, 6) is 0.210. The number of hydrogen-bond donors (Lipinski definition) is 2. The highest BCUT2D eigenvalue weighted by Crippen LogP contribution is 2.39. The van der Waals surface area contributed by atoms with Crippen LogP contribution in [0.1, 0.15) is 19.8 Å². The van der Waals surface area contributed by atoms with Crippen LogP contribution in [-0.2, 0) is 4.79 Å². The summed E-state index contributed by atoms with van der Waals surface area (Å²) in [6.45, 7) is 4.04. The molecule has 1 spiro atoms. The van der Waals surface area contributed by atoms with Gasteiger partial charge in [-0.1, -0.05) is 0 Å². The number of carbonyl (C=O) groups excluding carboxylic acids is 1. The second-order valence-corrected chi connectivity index (χ2v) is 5.22. The zero-order chi connectivity index (χ0) is 8.60. The van der Waals surface area contributed by atoms with Crippen LogP contribution < -0.4 is 10.6 Å². The molecule has 2 saturated heterocycles. The molecular formula is C8H14N2OS. The third-order valence-electron chi connectivity index (χ3n) is 2.53. The van der Waals surface area contributed by atoms with Gasteiger partial charge in [-0.15, -0.1) is 11.8 Å². The van der Waals surface area contributed by atoms with Crippen molar-refractivity contribution in [2.24, 2.45) is 0 Å². The van der Waals surface area contributed by atoms with Crippen molar-refractivity contribution in [3.63, 3.8) is 0 Å². The van der Waals surface area contributed by atoms with Crippen LogP contribution >= 0.6 is 11.8 Å². The van der Waals surface area contributed by atoms with E-state index < -0.39 is 0 Å². The summed E-state index contributed by atoms with van der Waals surface area (Å²) in [7, 11) is 0. The standard InChI is InChI=1S/C8H14N2OS/c1-6-7(11)10-8(12-6)2-4-9-5-3-8/h6,9H,2-5H2,1H3,(H,10,11). The highest BCUT2D eigenvalue weighted by atomic mass is 32.2. The molecule has 1 unspecified atom stereocenters. The lowest BCUT2D eigenvalue weighted by atomic mass is 10.1. The van der Waals surface area contributed by atoms with E-state index in [1.54, 1.807) is 11.8 Å². The second kappa shape index (κ2) is 2.92. The van der Waals surface area contributed by atoms with Crippen molar-refractivity contribution >= 4 is 17.7 Å². The highest BCUT2D eigenvalue weighted by Gasteiger charge is 2.43. The molecule has 0 saturated carbocycles. The third kappa shape index (κ3) is 1.33. The Hall–Kier alpha value is -0.220. The molecule has 0 aliphatic carbocycles. The van der Waals surface area contributed by atoms with Gasteiger partial charge in [0, 0.05) is 0 Å². The molecule has 1 amide bonds. The van der Waals surface area contributed by atoms with Gasteiger partial charge in [-0.3, -0.25) is 4.79 Å². The lowest BCUT2D eigenvalue weighted by Gasteiger charge is -2.32. The van der Waals surface area contributed by atoms with Gasteiger partial charge in [0.1, 0.15) is 0 Å². The number of piperidine rings is 1. The van der Waals surface area contributed by atoms with Gasteiger partial charge in [0.05, 0.1) is 10.1 Å². The largest absolute Gasteiger partial charge is 0.341 e. The molecule has 3 nitrogen and oxygen atoms in total. The van der Waals surface area contributed by atoms with E-state index in [0.717, 1.165) is 25.9 Å². The van der Waals surface area contributed by atoms with Crippen LogP contribution in [0.4, 0.5) is 0 Å². The number of thioether (sulfide) groups is 1. The fourth-order valence-electron chi connectivity index (χ4n) is 1.82. The summed E-state index contributed by atoms with van der Waals surface area (Å²) < 4.78 is 0. The van der Waals surface area contributed by atoms with Crippen molar-refractivity contribution in [2.45, 2.75) is 29.9 Å². The molecule has 0 aromatic rings. The van der Waals surface area contributed by atoms with E-state index in [9.17, 15) is 4.79 Å². The lowest BCUT2D eigenvalue weighted by molar-refractivity contribution is -0.120. The SMILES string of the molecule is CC1SC2(CCNCC2)NC1=O. The first-order chi connectivity index (χ1) is 5.72. The summed E-state index contributed by atoms with van der Waals surface area (Å²) in [6.07, 6.45) is 2.13. The first-order valence-electron chi connectivity index (χ1n) is 4.42. The second-order valence-electron chi connectivity index (χ2n) is 3.49. The fraction of sp³-hybridized carbons (Fsp3) is 0.875. The zero-order valence-electron chi connectivity index (χ0n) is 7.22. The quantitative estimate of drug-likeness (QED) is 0.572. The lowest BCUT2D eigenvalue weighted by Crippen LogP contribution is -2.47. The fourth-order valence-corrected chi connectivity index (χ4v) is 3.26. The molecule has 68 valence electrons. The van der Waals surface area contributed by atoms with Gasteiger partial charge in [-0.25, -0.2) is 0 Å². The summed E-state index contributed by atoms with van der Waals surface area (Å²) in [4.78, 5) is 11.4. The molecule has 2 fully saturated rings. The Kier molecular flexibility index (Phi) is 2.04. The molecule has 0 aromatic heterocycles. The summed E-state index contributed by atoms with van der Waals surface area (Å²) in [5, 5.41) is 6.55. The number of nitrogens with one attached hydrogen (secondary N) is 2. The van der Waals surface area contributed by atoms with E-state index in [1.165, 1.54) is 0 Å². The number of amides is 1. The molecule has 0 aromatic carbocycles. The van der Waals surface area contributed by atoms with E-state index in [1.807, 2.05) is 6.92 Å². The topological polar surface area (TPSA) is 41.1 Å². The van der Waals surface area contributed by atoms with Crippen LogP contribution in [0.3, 0.4) is 0 Å². The van der Waals surface area contributed by atoms with Crippen molar-refractivity contribution < 1.29 is 4.79 Å². The first kappa shape index (κ1) is 8.38. The van der Waals surface area contributed by atoms with Crippen LogP contribution in [0.25, 0.3) is 0 Å². The van der Waals surface area contributed by atoms with Gasteiger partial charge in [-0.2, -0.15) is 0 Å². The van der Waals surface area contributed by atoms with Gasteiger partial charge in [0.15, 0.2) is 0 Å². The van der Waals surface area contributed by atoms with Gasteiger partial charge in [0.2, 0.25) is 5.91 Å². The monoisotopic (exact) mass is 186 g/mol. The molecular weight excluding hydrogens is 172 g/mol. The average molecular weight is 186 g/mol. The number of carbonyl (C=O) groups is 1. The average Bonchev–Trinajstić information content (AvgIpc) is 2.29. The molecule has 0 bridgehead atoms. The number of rotatable bonds is 0. The van der Waals surface area contributed by atoms with Crippen LogP contribution in [0, 0.1) is 0 Å². The Balaban J connectivity index is 2.07. The highest BCUT2D eigenvalue weighted by molar-refractivity contribution is 8.02. The molecule has 2 heterocycles. The maximum atomic E-state index is 11.3. The Morgan fingerprint density at radius 3 is 2.67 bits per heavy atom. The molecule has 2 rings (SSSR count). The molecule has 12 heavy (non-hydrogen) atoms. The summed E-state index contributed by atoms with van der Waals surface area (Å²) in [6, 6.07) is 0. The Bertz CT molecular complexity index is 201. The van der Waals surface area contributed by atoms with E-state index in [4.69, 9.17) is 0 Å². The Labute approximate surface area is 76.7 Å². The van der Waals surface area contributed by atoms with E-state index in [-0.39, 0.29) is 16.0 Å². The van der Waals surface area contributed by atoms with Crippen LogP contribution in [-0.4, -0.2) is 29.1 Å². The molecule has 2 aliphatic rings. The Morgan fingerprint density at radius 2 is 2.17 bits per heavy atom. The molecule has 2 aliphatic heterocycles. The summed E-state index contributed by atoms with van der Waals surface area (Å²) in [5.41, 5.74) is 0. The molecule has 1 atom stereocenters. The van der Waals surface area contributed by atoms with Crippen molar-refractivity contribution in [3.05, 3.63) is 0 Å². The van der Waals surface area contributed by atoms with Crippen LogP contribution in [0.15, 0.2) is 0 Å². The molecule has 0 radical (unpaired) electrons. The maximum absolute atomic E-state index is 11.3. The van der Waals surface area contributed by atoms with Crippen molar-refractivity contribution in [2.75, 3.05) is 13.1 Å². The van der Waals surface area contributed by atoms with E-state index >= 15 is 0 Å². The minimum absolute atomic E-state index is 0.0712. The van der Waals surface area contributed by atoms with Gasteiger partial charge >= 0.3 is 0 Å². The van der Waals surface area contributed by atoms with Crippen molar-refractivity contribution in [1.82, 2.24) is 10.6 Å². The van der Waals surface area contributed by atoms with E-state index in [0.29, 0.717) is 0 Å². The van der Waals surface area contributed by atoms with Crippen LogP contribution in [0.2, 0.25) is 0 Å². The molecule has 4 heteroatoms. The van der Waals surface area contributed by atoms with Gasteiger partial charge in [-0.05, 0) is 32.9 Å². The third-order valence-corrected chi connectivity index (χ3v) is 4.06. The van der Waals surface area contributed by atoms with Gasteiger partial charge < -0.3 is 10.6 Å². The molecule has 2 N–H and O–H groups in total. The van der Waals surface area contributed by atoms with E-state index in [2.05, 4.69) is 10.6 Å². The number of hydrogen-bond acceptors (Lipinski definition) is 3. The predicted molar refractivity (Wildman–Crippen MR) is 50.0 cm³/mol.